The summed E-state index contributed by atoms with van der Waals surface area (Å²) in [7, 11) is 0. The predicted octanol–water partition coefficient (Wildman–Crippen LogP) is 1.54. The molecule has 0 saturated heterocycles. The quantitative estimate of drug-likeness (QED) is 0.433. The minimum Gasteiger partial charge on any atom is -0.393 e. The van der Waals surface area contributed by atoms with Gasteiger partial charge in [-0.2, -0.15) is 0 Å². The van der Waals surface area contributed by atoms with Crippen molar-refractivity contribution in [1.82, 2.24) is 0 Å². The number of aliphatic hydroxyl groups excluding tert-OH is 1. The van der Waals surface area contributed by atoms with E-state index in [4.69, 9.17) is 5.11 Å². The zero-order valence-corrected chi connectivity index (χ0v) is 5.14. The second-order valence-corrected chi connectivity index (χ2v) is 1.87. The maximum absolute atomic E-state index is 8.63. The van der Waals surface area contributed by atoms with Crippen LogP contribution < -0.4 is 0 Å². The lowest BCUT2D eigenvalue weighted by molar-refractivity contribution is 0.207. The van der Waals surface area contributed by atoms with Crippen molar-refractivity contribution in [2.75, 3.05) is 0 Å². The maximum Gasteiger partial charge on any atom is 0.0541 e. The molecule has 0 aliphatic rings. The Morgan fingerprint density at radius 3 is 2.62 bits per heavy atom. The molecule has 8 heavy (non-hydrogen) atoms. The highest BCUT2D eigenvalue weighted by Crippen LogP contribution is 1.98. The topological polar surface area (TPSA) is 20.2 Å². The highest BCUT2D eigenvalue weighted by atomic mass is 16.3. The molecule has 1 nitrogen and oxygen atoms in total. The summed E-state index contributed by atoms with van der Waals surface area (Å²) < 4.78 is 0. The molecule has 0 spiro atoms. The molecule has 0 fully saturated rings. The number of hydrogen-bond acceptors (Lipinski definition) is 1. The molecular formula is C7H13O. The van der Waals surface area contributed by atoms with Crippen LogP contribution in [0.3, 0.4) is 0 Å². The summed E-state index contributed by atoms with van der Waals surface area (Å²) >= 11 is 0. The molecule has 0 aromatic carbocycles. The monoisotopic (exact) mass is 113 g/mol. The summed E-state index contributed by atoms with van der Waals surface area (Å²) in [6.07, 6.45) is 4.21. The van der Waals surface area contributed by atoms with E-state index < -0.39 is 6.10 Å². The third kappa shape index (κ3) is 5.70. The van der Waals surface area contributed by atoms with Gasteiger partial charge in [-0.15, -0.1) is 6.58 Å². The lowest BCUT2D eigenvalue weighted by Crippen LogP contribution is -1.97. The van der Waals surface area contributed by atoms with Gasteiger partial charge in [0.2, 0.25) is 0 Å². The van der Waals surface area contributed by atoms with Gasteiger partial charge in [0.1, 0.15) is 0 Å². The fraction of sp³-hybridized carbons (Fsp3) is 0.571. The number of allylic oxidation sites excluding steroid dienone is 1. The van der Waals surface area contributed by atoms with Crippen LogP contribution in [0.25, 0.3) is 0 Å². The van der Waals surface area contributed by atoms with Crippen LogP contribution in [0.15, 0.2) is 12.7 Å². The average Bonchev–Trinajstić information content (AvgIpc) is 1.66. The molecule has 0 amide bonds. The van der Waals surface area contributed by atoms with E-state index in [2.05, 4.69) is 13.5 Å². The fourth-order valence-corrected chi connectivity index (χ4v) is 0.498. The first-order valence-electron chi connectivity index (χ1n) is 2.89. The number of aliphatic hydroxyl groups is 1. The molecule has 0 aliphatic heterocycles. The zero-order valence-electron chi connectivity index (χ0n) is 5.14. The Labute approximate surface area is 51.0 Å². The van der Waals surface area contributed by atoms with Gasteiger partial charge in [-0.05, 0) is 26.2 Å². The van der Waals surface area contributed by atoms with Crippen LogP contribution in [0.2, 0.25) is 0 Å². The van der Waals surface area contributed by atoms with Crippen LogP contribution in [-0.2, 0) is 0 Å². The molecule has 0 saturated carbocycles. The van der Waals surface area contributed by atoms with E-state index in [1.54, 1.807) is 0 Å². The third-order valence-electron chi connectivity index (χ3n) is 0.946. The molecule has 0 heterocycles. The van der Waals surface area contributed by atoms with Gasteiger partial charge >= 0.3 is 0 Å². The second-order valence-electron chi connectivity index (χ2n) is 1.87. The number of unbranched alkanes of at least 4 members (excludes halogenated alkanes) is 1. The van der Waals surface area contributed by atoms with Gasteiger partial charge in [0, 0.05) is 0 Å². The van der Waals surface area contributed by atoms with Crippen molar-refractivity contribution in [2.45, 2.75) is 25.4 Å². The van der Waals surface area contributed by atoms with E-state index >= 15 is 0 Å². The first kappa shape index (κ1) is 7.70. The fourth-order valence-electron chi connectivity index (χ4n) is 0.498. The highest BCUT2D eigenvalue weighted by molar-refractivity contribution is 4.67. The molecule has 1 atom stereocenters. The smallest absolute Gasteiger partial charge is 0.0541 e. The van der Waals surface area contributed by atoms with Crippen molar-refractivity contribution in [3.05, 3.63) is 19.6 Å². The molecule has 1 N–H and O–H groups in total. The molecule has 0 aliphatic carbocycles. The first-order chi connectivity index (χ1) is 3.77. The molecule has 1 unspecified atom stereocenters. The van der Waals surface area contributed by atoms with E-state index in [1.807, 2.05) is 6.08 Å². The molecule has 0 aromatic rings. The largest absolute Gasteiger partial charge is 0.393 e. The number of rotatable bonds is 4. The summed E-state index contributed by atoms with van der Waals surface area (Å²) in [6, 6.07) is 0. The summed E-state index contributed by atoms with van der Waals surface area (Å²) in [6.45, 7) is 6.99. The Morgan fingerprint density at radius 2 is 2.25 bits per heavy atom. The highest BCUT2D eigenvalue weighted by Gasteiger charge is 1.91. The van der Waals surface area contributed by atoms with Crippen molar-refractivity contribution < 1.29 is 5.11 Å². The summed E-state index contributed by atoms with van der Waals surface area (Å²) in [5.74, 6) is 0. The van der Waals surface area contributed by atoms with Gasteiger partial charge in [-0.25, -0.2) is 0 Å². The van der Waals surface area contributed by atoms with Crippen LogP contribution in [-0.4, -0.2) is 11.2 Å². The minimum atomic E-state index is -0.394. The second kappa shape index (κ2) is 4.85. The van der Waals surface area contributed by atoms with Crippen LogP contribution >= 0.6 is 0 Å². The van der Waals surface area contributed by atoms with E-state index in [0.717, 1.165) is 19.3 Å². The Balaban J connectivity index is 2.81. The van der Waals surface area contributed by atoms with Crippen LogP contribution in [0, 0.1) is 6.92 Å². The van der Waals surface area contributed by atoms with E-state index in [-0.39, 0.29) is 0 Å². The van der Waals surface area contributed by atoms with E-state index in [1.165, 1.54) is 0 Å². The Bertz CT molecular complexity index is 57.4. The normalized spacial score (nSPS) is 13.2. The Morgan fingerprint density at radius 1 is 1.62 bits per heavy atom. The molecule has 1 heteroatoms. The van der Waals surface area contributed by atoms with Crippen molar-refractivity contribution in [2.24, 2.45) is 0 Å². The average molecular weight is 113 g/mol. The molecule has 0 aromatic heterocycles. The van der Waals surface area contributed by atoms with Crippen molar-refractivity contribution in [3.8, 4) is 0 Å². The standard InChI is InChI=1S/C7H13O/c1-3-4-5-6-7(2)8/h3,7-8H,1-2,4-6H2. The SMILES string of the molecule is [CH2]C(O)CCCC=C. The molecule has 0 bridgehead atoms. The molecule has 0 rings (SSSR count). The molecule has 47 valence electrons. The minimum absolute atomic E-state index is 0.394. The van der Waals surface area contributed by atoms with Gasteiger partial charge in [0.15, 0.2) is 0 Å². The van der Waals surface area contributed by atoms with Crippen molar-refractivity contribution in [3.63, 3.8) is 0 Å². The van der Waals surface area contributed by atoms with Crippen molar-refractivity contribution >= 4 is 0 Å². The summed E-state index contributed by atoms with van der Waals surface area (Å²) in [5.41, 5.74) is 0. The Hall–Kier alpha value is -0.300. The number of hydrogen-bond donors (Lipinski definition) is 1. The summed E-state index contributed by atoms with van der Waals surface area (Å²) in [4.78, 5) is 0. The lowest BCUT2D eigenvalue weighted by Gasteiger charge is -1.98. The van der Waals surface area contributed by atoms with E-state index in [0.29, 0.717) is 0 Å². The first-order valence-corrected chi connectivity index (χ1v) is 2.89. The summed E-state index contributed by atoms with van der Waals surface area (Å²) in [5, 5.41) is 8.63. The van der Waals surface area contributed by atoms with E-state index in [9.17, 15) is 0 Å². The van der Waals surface area contributed by atoms with Crippen LogP contribution in [0.4, 0.5) is 0 Å². The van der Waals surface area contributed by atoms with Gasteiger partial charge < -0.3 is 5.11 Å². The van der Waals surface area contributed by atoms with Gasteiger partial charge in [0.05, 0.1) is 6.10 Å². The Kier molecular flexibility index (Phi) is 4.67. The predicted molar refractivity (Wildman–Crippen MR) is 35.4 cm³/mol. The van der Waals surface area contributed by atoms with Crippen LogP contribution in [0.1, 0.15) is 19.3 Å². The molecular weight excluding hydrogens is 100 g/mol. The third-order valence-corrected chi connectivity index (χ3v) is 0.946. The zero-order chi connectivity index (χ0) is 6.41. The van der Waals surface area contributed by atoms with Crippen LogP contribution in [0.5, 0.6) is 0 Å². The van der Waals surface area contributed by atoms with Gasteiger partial charge in [-0.3, -0.25) is 0 Å². The molecule has 1 radical (unpaired) electrons. The van der Waals surface area contributed by atoms with Crippen molar-refractivity contribution in [1.29, 1.82) is 0 Å². The lowest BCUT2D eigenvalue weighted by atomic mass is 10.2. The maximum atomic E-state index is 8.63. The van der Waals surface area contributed by atoms with Gasteiger partial charge in [0.25, 0.3) is 0 Å². The van der Waals surface area contributed by atoms with Gasteiger partial charge in [-0.1, -0.05) is 6.08 Å².